The summed E-state index contributed by atoms with van der Waals surface area (Å²) in [6.45, 7) is 7.34. The number of hydrogen-bond donors (Lipinski definition) is 2. The third-order valence-electron chi connectivity index (χ3n) is 4.20. The summed E-state index contributed by atoms with van der Waals surface area (Å²) < 4.78 is 13.7. The molecule has 1 heterocycles. The van der Waals surface area contributed by atoms with Crippen LogP contribution in [0.15, 0.2) is 23.4 Å². The van der Waals surface area contributed by atoms with Gasteiger partial charge >= 0.3 is 0 Å². The number of nitrogens with two attached hydrogens (primary N) is 1. The molecule has 2 rings (SSSR count). The summed E-state index contributed by atoms with van der Waals surface area (Å²) in [6, 6.07) is 4.59. The molecule has 1 saturated heterocycles. The highest BCUT2D eigenvalue weighted by atomic mass is 19.1. The van der Waals surface area contributed by atoms with Gasteiger partial charge in [-0.15, -0.1) is 0 Å². The van der Waals surface area contributed by atoms with Gasteiger partial charge < -0.3 is 10.9 Å². The van der Waals surface area contributed by atoms with Crippen molar-refractivity contribution in [1.82, 2.24) is 4.90 Å². The molecular weight excluding hydrogens is 269 g/mol. The predicted octanol–water partition coefficient (Wildman–Crippen LogP) is 2.93. The fraction of sp³-hybridized carbons (Fsp3) is 0.562. The quantitative estimate of drug-likeness (QED) is 0.390. The standard InChI is InChI=1S/C16H24FN3O/c1-16(2)4-3-6-20(7-5-16)11-12-8-13(15(18)19-21)10-14(17)9-12/h8-10,21H,3-7,11H2,1-2H3,(H2,18,19). The lowest BCUT2D eigenvalue weighted by Gasteiger charge is -2.23. The SMILES string of the molecule is CC1(C)CCCN(Cc2cc(F)cc(/C(N)=N/O)c2)CC1. The first-order valence-corrected chi connectivity index (χ1v) is 7.39. The highest BCUT2D eigenvalue weighted by Gasteiger charge is 2.23. The fourth-order valence-electron chi connectivity index (χ4n) is 2.84. The van der Waals surface area contributed by atoms with Crippen molar-refractivity contribution in [2.24, 2.45) is 16.3 Å². The molecule has 4 nitrogen and oxygen atoms in total. The molecule has 1 aromatic carbocycles. The van der Waals surface area contributed by atoms with Crippen LogP contribution in [-0.4, -0.2) is 29.0 Å². The molecule has 0 saturated carbocycles. The Labute approximate surface area is 125 Å². The third kappa shape index (κ3) is 4.43. The van der Waals surface area contributed by atoms with E-state index in [-0.39, 0.29) is 11.7 Å². The zero-order valence-electron chi connectivity index (χ0n) is 12.8. The summed E-state index contributed by atoms with van der Waals surface area (Å²) in [4.78, 5) is 2.35. The van der Waals surface area contributed by atoms with Gasteiger partial charge in [-0.05, 0) is 61.5 Å². The molecule has 0 radical (unpaired) electrons. The smallest absolute Gasteiger partial charge is 0.170 e. The molecular formula is C16H24FN3O. The van der Waals surface area contributed by atoms with Crippen LogP contribution in [0.3, 0.4) is 0 Å². The van der Waals surface area contributed by atoms with E-state index in [1.807, 2.05) is 0 Å². The second-order valence-electron chi connectivity index (χ2n) is 6.63. The van der Waals surface area contributed by atoms with E-state index in [1.54, 1.807) is 6.07 Å². The molecule has 1 aliphatic heterocycles. The Morgan fingerprint density at radius 3 is 2.81 bits per heavy atom. The number of rotatable bonds is 3. The third-order valence-corrected chi connectivity index (χ3v) is 4.20. The van der Waals surface area contributed by atoms with Crippen LogP contribution in [0.1, 0.15) is 44.2 Å². The largest absolute Gasteiger partial charge is 0.409 e. The minimum Gasteiger partial charge on any atom is -0.409 e. The Morgan fingerprint density at radius 2 is 2.10 bits per heavy atom. The van der Waals surface area contributed by atoms with Crippen molar-refractivity contribution in [2.75, 3.05) is 13.1 Å². The van der Waals surface area contributed by atoms with Crippen molar-refractivity contribution in [3.05, 3.63) is 35.1 Å². The van der Waals surface area contributed by atoms with E-state index in [4.69, 9.17) is 10.9 Å². The predicted molar refractivity (Wildman–Crippen MR) is 81.8 cm³/mol. The maximum absolute atomic E-state index is 13.7. The maximum Gasteiger partial charge on any atom is 0.170 e. The first-order valence-electron chi connectivity index (χ1n) is 7.39. The van der Waals surface area contributed by atoms with Crippen molar-refractivity contribution in [3.8, 4) is 0 Å². The monoisotopic (exact) mass is 293 g/mol. The van der Waals surface area contributed by atoms with Crippen LogP contribution >= 0.6 is 0 Å². The topological polar surface area (TPSA) is 61.8 Å². The number of nitrogens with zero attached hydrogens (tertiary/aromatic N) is 2. The molecule has 0 unspecified atom stereocenters. The van der Waals surface area contributed by atoms with Gasteiger partial charge in [0.05, 0.1) is 0 Å². The van der Waals surface area contributed by atoms with Gasteiger partial charge in [-0.25, -0.2) is 4.39 Å². The van der Waals surface area contributed by atoms with E-state index in [0.717, 1.165) is 31.5 Å². The Balaban J connectivity index is 2.10. The molecule has 0 atom stereocenters. The number of hydrogen-bond acceptors (Lipinski definition) is 3. The van der Waals surface area contributed by atoms with Gasteiger partial charge in [0.25, 0.3) is 0 Å². The molecule has 3 N–H and O–H groups in total. The van der Waals surface area contributed by atoms with Crippen LogP contribution in [0, 0.1) is 11.2 Å². The molecule has 1 fully saturated rings. The maximum atomic E-state index is 13.7. The molecule has 0 bridgehead atoms. The van der Waals surface area contributed by atoms with Crippen LogP contribution < -0.4 is 5.73 Å². The van der Waals surface area contributed by atoms with E-state index in [0.29, 0.717) is 17.5 Å². The number of likely N-dealkylation sites (tertiary alicyclic amines) is 1. The summed E-state index contributed by atoms with van der Waals surface area (Å²) in [5, 5.41) is 11.7. The van der Waals surface area contributed by atoms with Gasteiger partial charge in [0.15, 0.2) is 5.84 Å². The Kier molecular flexibility index (Phi) is 4.83. The van der Waals surface area contributed by atoms with Crippen molar-refractivity contribution in [2.45, 2.75) is 39.7 Å². The highest BCUT2D eigenvalue weighted by Crippen LogP contribution is 2.30. The van der Waals surface area contributed by atoms with E-state index < -0.39 is 0 Å². The average Bonchev–Trinajstić information content (AvgIpc) is 2.58. The van der Waals surface area contributed by atoms with Crippen LogP contribution in [0.2, 0.25) is 0 Å². The molecule has 1 aromatic rings. The molecule has 1 aliphatic rings. The molecule has 116 valence electrons. The Morgan fingerprint density at radius 1 is 1.33 bits per heavy atom. The van der Waals surface area contributed by atoms with Crippen molar-refractivity contribution < 1.29 is 9.60 Å². The van der Waals surface area contributed by atoms with Gasteiger partial charge in [0, 0.05) is 12.1 Å². The molecule has 0 spiro atoms. The summed E-state index contributed by atoms with van der Waals surface area (Å²) >= 11 is 0. The van der Waals surface area contributed by atoms with Crippen molar-refractivity contribution >= 4 is 5.84 Å². The van der Waals surface area contributed by atoms with E-state index >= 15 is 0 Å². The second-order valence-corrected chi connectivity index (χ2v) is 6.63. The van der Waals surface area contributed by atoms with Gasteiger partial charge in [-0.1, -0.05) is 19.0 Å². The summed E-state index contributed by atoms with van der Waals surface area (Å²) in [5.74, 6) is -0.419. The van der Waals surface area contributed by atoms with E-state index in [1.165, 1.54) is 18.6 Å². The number of amidine groups is 1. The molecule has 0 amide bonds. The minimum atomic E-state index is -0.357. The zero-order valence-corrected chi connectivity index (χ0v) is 12.8. The first-order chi connectivity index (χ1) is 9.89. The fourth-order valence-corrected chi connectivity index (χ4v) is 2.84. The van der Waals surface area contributed by atoms with Crippen molar-refractivity contribution in [1.29, 1.82) is 0 Å². The normalized spacial score (nSPS) is 20.2. The average molecular weight is 293 g/mol. The van der Waals surface area contributed by atoms with Gasteiger partial charge in [0.2, 0.25) is 0 Å². The van der Waals surface area contributed by atoms with E-state index in [9.17, 15) is 4.39 Å². The molecule has 0 aliphatic carbocycles. The highest BCUT2D eigenvalue weighted by molar-refractivity contribution is 5.97. The summed E-state index contributed by atoms with van der Waals surface area (Å²) in [5.41, 5.74) is 7.21. The number of halogens is 1. The lowest BCUT2D eigenvalue weighted by Crippen LogP contribution is -2.25. The van der Waals surface area contributed by atoms with Crippen LogP contribution in [0.4, 0.5) is 4.39 Å². The molecule has 5 heteroatoms. The second kappa shape index (κ2) is 6.43. The summed E-state index contributed by atoms with van der Waals surface area (Å²) in [6.07, 6.45) is 3.53. The Bertz CT molecular complexity index is 528. The Hall–Kier alpha value is -1.62. The van der Waals surface area contributed by atoms with Gasteiger partial charge in [-0.3, -0.25) is 4.90 Å². The van der Waals surface area contributed by atoms with Gasteiger partial charge in [-0.2, -0.15) is 0 Å². The van der Waals surface area contributed by atoms with E-state index in [2.05, 4.69) is 23.9 Å². The van der Waals surface area contributed by atoms with Gasteiger partial charge in [0.1, 0.15) is 5.82 Å². The zero-order chi connectivity index (χ0) is 15.5. The molecule has 0 aromatic heterocycles. The minimum absolute atomic E-state index is 0.0623. The lowest BCUT2D eigenvalue weighted by atomic mass is 9.85. The summed E-state index contributed by atoms with van der Waals surface area (Å²) in [7, 11) is 0. The number of benzene rings is 1. The first kappa shape index (κ1) is 15.8. The van der Waals surface area contributed by atoms with Crippen LogP contribution in [-0.2, 0) is 6.54 Å². The van der Waals surface area contributed by atoms with Crippen LogP contribution in [0.25, 0.3) is 0 Å². The van der Waals surface area contributed by atoms with Crippen LogP contribution in [0.5, 0.6) is 0 Å². The molecule has 21 heavy (non-hydrogen) atoms. The van der Waals surface area contributed by atoms with Crippen molar-refractivity contribution in [3.63, 3.8) is 0 Å². The lowest BCUT2D eigenvalue weighted by molar-refractivity contribution is 0.255. The number of oxime groups is 1.